The first-order chi connectivity index (χ1) is 8.65. The summed E-state index contributed by atoms with van der Waals surface area (Å²) in [6.45, 7) is 1.82. The van der Waals surface area contributed by atoms with Gasteiger partial charge < -0.3 is 11.1 Å². The van der Waals surface area contributed by atoms with E-state index in [1.165, 1.54) is 23.1 Å². The molecule has 7 heteroatoms. The average Bonchev–Trinajstić information content (AvgIpc) is 2.76. The van der Waals surface area contributed by atoms with Crippen molar-refractivity contribution in [3.8, 4) is 0 Å². The van der Waals surface area contributed by atoms with E-state index in [1.807, 2.05) is 37.3 Å². The zero-order chi connectivity index (χ0) is 13.0. The lowest BCUT2D eigenvalue weighted by Crippen LogP contribution is -2.22. The van der Waals surface area contributed by atoms with Gasteiger partial charge in [-0.25, -0.2) is 0 Å². The number of amides is 1. The molecule has 0 radical (unpaired) electrons. The van der Waals surface area contributed by atoms with Crippen LogP contribution in [0.3, 0.4) is 0 Å². The van der Waals surface area contributed by atoms with Gasteiger partial charge in [0.15, 0.2) is 4.34 Å². The molecule has 1 atom stereocenters. The fraction of sp³-hybridized carbons (Fsp3) is 0.182. The molecule has 2 rings (SSSR count). The molecule has 0 aliphatic rings. The van der Waals surface area contributed by atoms with Crippen LogP contribution in [-0.2, 0) is 4.79 Å². The number of benzene rings is 1. The smallest absolute Gasteiger partial charge is 0.237 e. The summed E-state index contributed by atoms with van der Waals surface area (Å²) < 4.78 is 0.697. The zero-order valence-corrected chi connectivity index (χ0v) is 11.3. The minimum Gasteiger partial charge on any atom is -0.374 e. The second kappa shape index (κ2) is 5.83. The van der Waals surface area contributed by atoms with Crippen molar-refractivity contribution in [3.63, 3.8) is 0 Å². The zero-order valence-electron chi connectivity index (χ0n) is 9.66. The molecule has 0 fully saturated rings. The summed E-state index contributed by atoms with van der Waals surface area (Å²) >= 11 is 2.62. The third-order valence-corrected chi connectivity index (χ3v) is 4.05. The molecule has 1 unspecified atom stereocenters. The number of hydrogen-bond acceptors (Lipinski definition) is 6. The molecule has 2 aromatic rings. The van der Waals surface area contributed by atoms with Gasteiger partial charge in [0.2, 0.25) is 11.0 Å². The molecule has 0 saturated heterocycles. The largest absolute Gasteiger partial charge is 0.374 e. The van der Waals surface area contributed by atoms with Gasteiger partial charge in [0.25, 0.3) is 0 Å². The highest BCUT2D eigenvalue weighted by molar-refractivity contribution is 8.02. The molecule has 0 saturated carbocycles. The number of carbonyl (C=O) groups is 1. The van der Waals surface area contributed by atoms with Crippen molar-refractivity contribution in [3.05, 3.63) is 30.3 Å². The summed E-state index contributed by atoms with van der Waals surface area (Å²) in [5.74, 6) is -0.0695. The fourth-order valence-electron chi connectivity index (χ4n) is 1.24. The standard InChI is InChI=1S/C11H12N4OS2/c1-7(17-11-15-14-10(12)18-11)9(16)13-8-5-3-2-4-6-8/h2-7H,1H3,(H2,12,14)(H,13,16). The van der Waals surface area contributed by atoms with E-state index < -0.39 is 0 Å². The van der Waals surface area contributed by atoms with Gasteiger partial charge in [-0.3, -0.25) is 4.79 Å². The molecule has 94 valence electrons. The lowest BCUT2D eigenvalue weighted by Gasteiger charge is -2.09. The Labute approximate surface area is 113 Å². The minimum atomic E-state index is -0.252. The first-order valence-electron chi connectivity index (χ1n) is 5.26. The number of nitrogen functional groups attached to an aromatic ring is 1. The number of anilines is 2. The van der Waals surface area contributed by atoms with Crippen molar-refractivity contribution in [1.82, 2.24) is 10.2 Å². The van der Waals surface area contributed by atoms with Crippen LogP contribution in [0.15, 0.2) is 34.7 Å². The number of nitrogens with two attached hydrogens (primary N) is 1. The molecule has 1 aromatic carbocycles. The van der Waals surface area contributed by atoms with Crippen LogP contribution in [0.4, 0.5) is 10.8 Å². The maximum Gasteiger partial charge on any atom is 0.237 e. The minimum absolute atomic E-state index is 0.0695. The summed E-state index contributed by atoms with van der Waals surface area (Å²) in [7, 11) is 0. The number of thioether (sulfide) groups is 1. The molecular weight excluding hydrogens is 268 g/mol. The maximum absolute atomic E-state index is 11.9. The first kappa shape index (κ1) is 12.8. The molecule has 1 amide bonds. The lowest BCUT2D eigenvalue weighted by atomic mass is 10.3. The van der Waals surface area contributed by atoms with Crippen molar-refractivity contribution in [2.45, 2.75) is 16.5 Å². The van der Waals surface area contributed by atoms with E-state index in [9.17, 15) is 4.79 Å². The van der Waals surface area contributed by atoms with E-state index in [-0.39, 0.29) is 11.2 Å². The number of rotatable bonds is 4. The molecule has 0 aliphatic heterocycles. The Morgan fingerprint density at radius 2 is 2.11 bits per heavy atom. The van der Waals surface area contributed by atoms with E-state index in [1.54, 1.807) is 0 Å². The van der Waals surface area contributed by atoms with Gasteiger partial charge in [-0.1, -0.05) is 41.3 Å². The summed E-state index contributed by atoms with van der Waals surface area (Å²) in [6.07, 6.45) is 0. The Morgan fingerprint density at radius 3 is 2.72 bits per heavy atom. The highest BCUT2D eigenvalue weighted by Gasteiger charge is 2.16. The molecule has 0 bridgehead atoms. The van der Waals surface area contributed by atoms with Gasteiger partial charge in [0, 0.05) is 5.69 Å². The molecule has 1 aromatic heterocycles. The van der Waals surface area contributed by atoms with Crippen LogP contribution in [0.5, 0.6) is 0 Å². The van der Waals surface area contributed by atoms with Crippen LogP contribution in [-0.4, -0.2) is 21.4 Å². The van der Waals surface area contributed by atoms with Crippen LogP contribution in [0.25, 0.3) is 0 Å². The summed E-state index contributed by atoms with van der Waals surface area (Å²) in [4.78, 5) is 11.9. The van der Waals surface area contributed by atoms with E-state index in [0.717, 1.165) is 5.69 Å². The van der Waals surface area contributed by atoms with Gasteiger partial charge in [0.05, 0.1) is 5.25 Å². The lowest BCUT2D eigenvalue weighted by molar-refractivity contribution is -0.115. The van der Waals surface area contributed by atoms with Crippen LogP contribution in [0, 0.1) is 0 Å². The van der Waals surface area contributed by atoms with Crippen molar-refractivity contribution in [1.29, 1.82) is 0 Å². The topological polar surface area (TPSA) is 80.9 Å². The van der Waals surface area contributed by atoms with E-state index >= 15 is 0 Å². The van der Waals surface area contributed by atoms with Crippen LogP contribution < -0.4 is 11.1 Å². The molecule has 3 N–H and O–H groups in total. The maximum atomic E-state index is 11.9. The Morgan fingerprint density at radius 1 is 1.39 bits per heavy atom. The molecule has 1 heterocycles. The van der Waals surface area contributed by atoms with Gasteiger partial charge in [-0.2, -0.15) is 0 Å². The summed E-state index contributed by atoms with van der Waals surface area (Å²) in [5.41, 5.74) is 6.27. The Bertz CT molecular complexity index is 529. The first-order valence-corrected chi connectivity index (χ1v) is 6.96. The van der Waals surface area contributed by atoms with Crippen molar-refractivity contribution in [2.24, 2.45) is 0 Å². The monoisotopic (exact) mass is 280 g/mol. The third kappa shape index (κ3) is 3.44. The Hall–Kier alpha value is -1.60. The third-order valence-electron chi connectivity index (χ3n) is 2.11. The Kier molecular flexibility index (Phi) is 4.16. The predicted octanol–water partition coefficient (Wildman–Crippen LogP) is 2.24. The molecule has 0 spiro atoms. The second-order valence-electron chi connectivity index (χ2n) is 3.52. The molecule has 5 nitrogen and oxygen atoms in total. The molecular formula is C11H12N4OS2. The fourth-order valence-corrected chi connectivity index (χ4v) is 3.02. The average molecular weight is 280 g/mol. The van der Waals surface area contributed by atoms with Crippen LogP contribution in [0.1, 0.15) is 6.92 Å². The van der Waals surface area contributed by atoms with E-state index in [0.29, 0.717) is 9.47 Å². The predicted molar refractivity (Wildman–Crippen MR) is 74.7 cm³/mol. The number of carbonyl (C=O) groups excluding carboxylic acids is 1. The number of nitrogens with one attached hydrogen (secondary N) is 1. The SMILES string of the molecule is CC(Sc1nnc(N)s1)C(=O)Nc1ccccc1. The molecule has 0 aliphatic carbocycles. The van der Waals surface area contributed by atoms with E-state index in [4.69, 9.17) is 5.73 Å². The van der Waals surface area contributed by atoms with Crippen LogP contribution >= 0.6 is 23.1 Å². The summed E-state index contributed by atoms with van der Waals surface area (Å²) in [6, 6.07) is 9.34. The summed E-state index contributed by atoms with van der Waals surface area (Å²) in [5, 5.41) is 10.6. The van der Waals surface area contributed by atoms with Gasteiger partial charge in [0.1, 0.15) is 0 Å². The van der Waals surface area contributed by atoms with Crippen molar-refractivity contribution >= 4 is 39.8 Å². The van der Waals surface area contributed by atoms with Crippen LogP contribution in [0.2, 0.25) is 0 Å². The highest BCUT2D eigenvalue weighted by atomic mass is 32.2. The van der Waals surface area contributed by atoms with E-state index in [2.05, 4.69) is 15.5 Å². The second-order valence-corrected chi connectivity index (χ2v) is 6.12. The van der Waals surface area contributed by atoms with Crippen molar-refractivity contribution in [2.75, 3.05) is 11.1 Å². The number of nitrogens with zero attached hydrogens (tertiary/aromatic N) is 2. The number of aromatic nitrogens is 2. The van der Waals surface area contributed by atoms with Gasteiger partial charge in [-0.05, 0) is 19.1 Å². The quantitative estimate of drug-likeness (QED) is 0.839. The normalized spacial score (nSPS) is 12.1. The molecule has 18 heavy (non-hydrogen) atoms. The number of para-hydroxylation sites is 1. The number of hydrogen-bond donors (Lipinski definition) is 2. The van der Waals surface area contributed by atoms with Gasteiger partial charge >= 0.3 is 0 Å². The van der Waals surface area contributed by atoms with Gasteiger partial charge in [-0.15, -0.1) is 10.2 Å². The Balaban J connectivity index is 1.93. The van der Waals surface area contributed by atoms with Crippen molar-refractivity contribution < 1.29 is 4.79 Å². The highest BCUT2D eigenvalue weighted by Crippen LogP contribution is 2.27.